The number of hydrogen-bond acceptors (Lipinski definition) is 6. The first kappa shape index (κ1) is 23.7. The van der Waals surface area contributed by atoms with Crippen molar-refractivity contribution in [2.45, 2.75) is 43.0 Å². The molecule has 2 unspecified atom stereocenters. The van der Waals surface area contributed by atoms with E-state index in [9.17, 15) is 8.76 Å². The monoisotopic (exact) mass is 462 g/mol. The van der Waals surface area contributed by atoms with Crippen LogP contribution in [0.25, 0.3) is 0 Å². The summed E-state index contributed by atoms with van der Waals surface area (Å²) >= 11 is 3.68. The summed E-state index contributed by atoms with van der Waals surface area (Å²) < 4.78 is 29.2. The normalized spacial score (nSPS) is 15.3. The number of rotatable bonds is 12. The maximum absolute atomic E-state index is 11.9. The van der Waals surface area contributed by atoms with E-state index in [0.717, 1.165) is 68.9 Å². The largest absolute Gasteiger partial charge is 0.768 e. The van der Waals surface area contributed by atoms with E-state index in [1.54, 1.807) is 12.1 Å². The van der Waals surface area contributed by atoms with Crippen LogP contribution in [0.1, 0.15) is 49.3 Å². The van der Waals surface area contributed by atoms with Crippen molar-refractivity contribution < 1.29 is 13.5 Å². The predicted octanol–water partition coefficient (Wildman–Crippen LogP) is 4.68. The number of unbranched alkanes of at least 4 members (excludes halogenated alkanes) is 3. The number of hydrogen-bond donors (Lipinski definition) is 2. The molecule has 0 aliphatic carbocycles. The molecule has 0 spiro atoms. The quantitative estimate of drug-likeness (QED) is 0.353. The topological polar surface area (TPSA) is 85.8 Å². The van der Waals surface area contributed by atoms with Crippen LogP contribution in [-0.2, 0) is 15.8 Å². The Morgan fingerprint density at radius 1 is 1.16 bits per heavy atom. The first-order chi connectivity index (χ1) is 15.1. The van der Waals surface area contributed by atoms with Crippen LogP contribution in [0.15, 0.2) is 52.4 Å². The number of benzene rings is 2. The molecular weight excluding hydrogens is 434 g/mol. The minimum absolute atomic E-state index is 0.216. The van der Waals surface area contributed by atoms with Gasteiger partial charge in [-0.25, -0.2) is 0 Å². The van der Waals surface area contributed by atoms with Crippen molar-refractivity contribution in [2.75, 3.05) is 32.1 Å². The van der Waals surface area contributed by atoms with E-state index in [1.807, 2.05) is 31.3 Å². The van der Waals surface area contributed by atoms with E-state index in [4.69, 9.17) is 16.3 Å². The second kappa shape index (κ2) is 12.2. The lowest BCUT2D eigenvalue weighted by molar-refractivity contribution is 0.336. The Morgan fingerprint density at radius 2 is 1.97 bits per heavy atom. The molecule has 0 amide bonds. The minimum atomic E-state index is -2.38. The zero-order valence-corrected chi connectivity index (χ0v) is 19.3. The van der Waals surface area contributed by atoms with Gasteiger partial charge in [-0.1, -0.05) is 48.7 Å². The van der Waals surface area contributed by atoms with E-state index in [2.05, 4.69) is 15.6 Å². The second-order valence-corrected chi connectivity index (χ2v) is 8.78. The Labute approximate surface area is 191 Å². The van der Waals surface area contributed by atoms with Crippen LogP contribution in [0.4, 0.5) is 5.69 Å². The zero-order valence-electron chi connectivity index (χ0n) is 17.7. The third-order valence-corrected chi connectivity index (χ3v) is 6.27. The fourth-order valence-electron chi connectivity index (χ4n) is 3.79. The van der Waals surface area contributed by atoms with E-state index in [-0.39, 0.29) is 10.9 Å². The van der Waals surface area contributed by atoms with Gasteiger partial charge in [0, 0.05) is 29.1 Å². The number of halogens is 1. The third kappa shape index (κ3) is 6.77. The molecule has 31 heavy (non-hydrogen) atoms. The number of anilines is 1. The van der Waals surface area contributed by atoms with Crippen LogP contribution < -0.4 is 10.6 Å². The number of para-hydroxylation sites is 1. The standard InChI is InChI=1S/C23H30ClN3O3S/c1-25-20-9-6-5-8-18(20)23(19-12-11-17(24)16-21(19)31(28)29)27-13-7-3-2-4-10-22-26-14-15-30-22/h5-6,8-9,11-12,16,23,25,27H,2-4,7,10,13-15H2,1H3,(H,28,29)/p-1. The third-order valence-electron chi connectivity index (χ3n) is 5.32. The summed E-state index contributed by atoms with van der Waals surface area (Å²) in [6.07, 6.45) is 5.17. The SMILES string of the molecule is CNc1ccccc1C(NCCCCCCC1=NCCO1)c1ccc(Cl)cc1S(=O)[O-]. The molecule has 0 bridgehead atoms. The first-order valence-electron chi connectivity index (χ1n) is 10.6. The van der Waals surface area contributed by atoms with Crippen LogP contribution >= 0.6 is 11.6 Å². The average Bonchev–Trinajstić information content (AvgIpc) is 3.29. The van der Waals surface area contributed by atoms with Gasteiger partial charge < -0.3 is 19.9 Å². The number of nitrogens with one attached hydrogen (secondary N) is 2. The maximum atomic E-state index is 11.9. The molecule has 0 radical (unpaired) electrons. The Hall–Kier alpha value is -1.93. The fourth-order valence-corrected chi connectivity index (χ4v) is 4.63. The molecule has 8 heteroatoms. The predicted molar refractivity (Wildman–Crippen MR) is 126 cm³/mol. The number of aliphatic imine (C=N–C) groups is 1. The van der Waals surface area contributed by atoms with Crippen molar-refractivity contribution >= 4 is 34.3 Å². The van der Waals surface area contributed by atoms with Gasteiger partial charge in [-0.3, -0.25) is 9.20 Å². The highest BCUT2D eigenvalue weighted by molar-refractivity contribution is 7.79. The molecule has 3 rings (SSSR count). The highest BCUT2D eigenvalue weighted by Gasteiger charge is 2.20. The van der Waals surface area contributed by atoms with Gasteiger partial charge in [-0.05, 0) is 59.8 Å². The van der Waals surface area contributed by atoms with Crippen LogP contribution in [0, 0.1) is 0 Å². The lowest BCUT2D eigenvalue weighted by Gasteiger charge is -2.25. The number of nitrogens with zero attached hydrogens (tertiary/aromatic N) is 1. The highest BCUT2D eigenvalue weighted by atomic mass is 35.5. The molecule has 2 aromatic carbocycles. The molecule has 1 aliphatic rings. The molecule has 2 atom stereocenters. The van der Waals surface area contributed by atoms with Crippen LogP contribution in [0.3, 0.4) is 0 Å². The molecule has 2 N–H and O–H groups in total. The van der Waals surface area contributed by atoms with E-state index in [1.165, 1.54) is 6.07 Å². The van der Waals surface area contributed by atoms with E-state index < -0.39 is 11.1 Å². The van der Waals surface area contributed by atoms with E-state index >= 15 is 0 Å². The summed E-state index contributed by atoms with van der Waals surface area (Å²) in [7, 11) is 1.86. The molecule has 0 saturated carbocycles. The summed E-state index contributed by atoms with van der Waals surface area (Å²) in [5.74, 6) is 0.891. The molecule has 0 saturated heterocycles. The lowest BCUT2D eigenvalue weighted by atomic mass is 9.96. The average molecular weight is 463 g/mol. The molecule has 1 aliphatic heterocycles. The van der Waals surface area contributed by atoms with Gasteiger partial charge >= 0.3 is 0 Å². The van der Waals surface area contributed by atoms with Crippen molar-refractivity contribution in [2.24, 2.45) is 4.99 Å². The summed E-state index contributed by atoms with van der Waals surface area (Å²) in [5, 5.41) is 7.18. The highest BCUT2D eigenvalue weighted by Crippen LogP contribution is 2.32. The fraction of sp³-hybridized carbons (Fsp3) is 0.435. The van der Waals surface area contributed by atoms with Gasteiger partial charge in [0.25, 0.3) is 0 Å². The zero-order chi connectivity index (χ0) is 22.1. The Morgan fingerprint density at radius 3 is 2.71 bits per heavy atom. The molecule has 168 valence electrons. The second-order valence-electron chi connectivity index (χ2n) is 7.43. The number of ether oxygens (including phenoxy) is 1. The Bertz CT molecular complexity index is 923. The molecule has 2 aromatic rings. The van der Waals surface area contributed by atoms with E-state index in [0.29, 0.717) is 10.6 Å². The van der Waals surface area contributed by atoms with Gasteiger partial charge in [0.05, 0.1) is 12.6 Å². The van der Waals surface area contributed by atoms with Crippen molar-refractivity contribution in [1.82, 2.24) is 5.32 Å². The van der Waals surface area contributed by atoms with Crippen LogP contribution in [-0.4, -0.2) is 41.4 Å². The maximum Gasteiger partial charge on any atom is 0.183 e. The van der Waals surface area contributed by atoms with Gasteiger partial charge in [-0.15, -0.1) is 0 Å². The molecule has 0 aromatic heterocycles. The van der Waals surface area contributed by atoms with Crippen molar-refractivity contribution in [3.05, 3.63) is 58.6 Å². The van der Waals surface area contributed by atoms with Crippen molar-refractivity contribution in [3.8, 4) is 0 Å². The summed E-state index contributed by atoms with van der Waals surface area (Å²) in [6, 6.07) is 12.7. The van der Waals surface area contributed by atoms with Crippen LogP contribution in [0.5, 0.6) is 0 Å². The summed E-state index contributed by atoms with van der Waals surface area (Å²) in [6.45, 7) is 2.28. The van der Waals surface area contributed by atoms with Crippen molar-refractivity contribution in [3.63, 3.8) is 0 Å². The molecule has 6 nitrogen and oxygen atoms in total. The smallest absolute Gasteiger partial charge is 0.183 e. The summed E-state index contributed by atoms with van der Waals surface area (Å²) in [5.41, 5.74) is 2.64. The Kier molecular flexibility index (Phi) is 9.33. The van der Waals surface area contributed by atoms with Gasteiger partial charge in [0.2, 0.25) is 0 Å². The van der Waals surface area contributed by atoms with Gasteiger partial charge in [0.15, 0.2) is 5.90 Å². The van der Waals surface area contributed by atoms with Crippen LogP contribution in [0.2, 0.25) is 5.02 Å². The molecular formula is C23H29ClN3O3S-. The minimum Gasteiger partial charge on any atom is -0.768 e. The Balaban J connectivity index is 1.67. The molecule has 1 heterocycles. The van der Waals surface area contributed by atoms with Crippen molar-refractivity contribution in [1.29, 1.82) is 0 Å². The van der Waals surface area contributed by atoms with Gasteiger partial charge in [-0.2, -0.15) is 0 Å². The first-order valence-corrected chi connectivity index (χ1v) is 12.1. The molecule has 0 fully saturated rings. The summed E-state index contributed by atoms with van der Waals surface area (Å²) in [4.78, 5) is 4.54. The lowest BCUT2D eigenvalue weighted by Crippen LogP contribution is -2.25. The van der Waals surface area contributed by atoms with Gasteiger partial charge in [0.1, 0.15) is 6.61 Å².